The van der Waals surface area contributed by atoms with E-state index >= 15 is 0 Å². The highest BCUT2D eigenvalue weighted by Crippen LogP contribution is 2.30. The predicted octanol–water partition coefficient (Wildman–Crippen LogP) is 3.77. The second kappa shape index (κ2) is 4.56. The Kier molecular flexibility index (Phi) is 3.39. The van der Waals surface area contributed by atoms with Gasteiger partial charge in [-0.15, -0.1) is 0 Å². The summed E-state index contributed by atoms with van der Waals surface area (Å²) in [6.07, 6.45) is 0.586. The first kappa shape index (κ1) is 13.4. The minimum atomic E-state index is -0.806. The van der Waals surface area contributed by atoms with E-state index in [9.17, 15) is 4.79 Å². The van der Waals surface area contributed by atoms with E-state index in [0.717, 1.165) is 5.56 Å². The van der Waals surface area contributed by atoms with Gasteiger partial charge in [0.05, 0.1) is 0 Å². The molecule has 1 atom stereocenters. The third-order valence-corrected chi connectivity index (χ3v) is 3.98. The monoisotopic (exact) mass is 285 g/mol. The second-order valence-electron chi connectivity index (χ2n) is 4.50. The van der Waals surface area contributed by atoms with Crippen LogP contribution in [0.25, 0.3) is 0 Å². The highest BCUT2D eigenvalue weighted by molar-refractivity contribution is 6.36. The predicted molar refractivity (Wildman–Crippen MR) is 72.5 cm³/mol. The van der Waals surface area contributed by atoms with Gasteiger partial charge in [0.15, 0.2) is 5.54 Å². The van der Waals surface area contributed by atoms with Crippen LogP contribution in [0.2, 0.25) is 10.0 Å². The van der Waals surface area contributed by atoms with Crippen LogP contribution < -0.4 is 0 Å². The van der Waals surface area contributed by atoms with Crippen LogP contribution in [0, 0.1) is 6.92 Å². The molecule has 18 heavy (non-hydrogen) atoms. The van der Waals surface area contributed by atoms with E-state index in [-0.39, 0.29) is 11.9 Å². The summed E-state index contributed by atoms with van der Waals surface area (Å²) >= 11 is 12.1. The number of cyclic esters (lactones) is 1. The first-order valence-electron chi connectivity index (χ1n) is 5.65. The van der Waals surface area contributed by atoms with Crippen LogP contribution in [0.1, 0.15) is 31.4 Å². The summed E-state index contributed by atoms with van der Waals surface area (Å²) in [4.78, 5) is 16.1. The Bertz CT molecular complexity index is 531. The molecule has 1 aliphatic rings. The smallest absolute Gasteiger partial charge is 0.340 e. The summed E-state index contributed by atoms with van der Waals surface area (Å²) in [6.45, 7) is 5.47. The van der Waals surface area contributed by atoms with Crippen molar-refractivity contribution < 1.29 is 9.53 Å². The highest BCUT2D eigenvalue weighted by atomic mass is 35.5. The standard InChI is InChI=1S/C13H13Cl2NO2/c1-4-13(3)12(17)18-11(16-13)8-5-9(14)7(2)10(15)6-8/h5-6H,4H2,1-3H3. The fourth-order valence-electron chi connectivity index (χ4n) is 1.61. The zero-order chi connectivity index (χ0) is 13.5. The van der Waals surface area contributed by atoms with Gasteiger partial charge in [0, 0.05) is 15.6 Å². The molecule has 5 heteroatoms. The highest BCUT2D eigenvalue weighted by Gasteiger charge is 2.40. The number of esters is 1. The average molecular weight is 286 g/mol. The lowest BCUT2D eigenvalue weighted by molar-refractivity contribution is -0.138. The molecule has 96 valence electrons. The molecule has 1 unspecified atom stereocenters. The van der Waals surface area contributed by atoms with E-state index in [2.05, 4.69) is 4.99 Å². The SMILES string of the molecule is CCC1(C)N=C(c2cc(Cl)c(C)c(Cl)c2)OC1=O. The van der Waals surface area contributed by atoms with E-state index in [1.54, 1.807) is 19.1 Å². The third-order valence-electron chi connectivity index (χ3n) is 3.19. The number of aliphatic imine (C=N–C) groups is 1. The number of carbonyl (C=O) groups excluding carboxylic acids is 1. The number of halogens is 2. The van der Waals surface area contributed by atoms with Crippen molar-refractivity contribution >= 4 is 35.1 Å². The Morgan fingerprint density at radius 1 is 1.33 bits per heavy atom. The van der Waals surface area contributed by atoms with Crippen LogP contribution >= 0.6 is 23.2 Å². The Balaban J connectivity index is 2.46. The molecule has 0 radical (unpaired) electrons. The minimum Gasteiger partial charge on any atom is -0.405 e. The summed E-state index contributed by atoms with van der Waals surface area (Å²) in [5.74, 6) is -0.0547. The van der Waals surface area contributed by atoms with Crippen LogP contribution in [-0.4, -0.2) is 17.4 Å². The van der Waals surface area contributed by atoms with Gasteiger partial charge in [-0.3, -0.25) is 0 Å². The Hall–Kier alpha value is -1.06. The van der Waals surface area contributed by atoms with E-state index in [1.165, 1.54) is 0 Å². The van der Waals surface area contributed by atoms with Crippen molar-refractivity contribution in [2.45, 2.75) is 32.7 Å². The molecule has 0 bridgehead atoms. The number of hydrogen-bond donors (Lipinski definition) is 0. The number of benzene rings is 1. The molecule has 3 nitrogen and oxygen atoms in total. The minimum absolute atomic E-state index is 0.285. The van der Waals surface area contributed by atoms with Crippen molar-refractivity contribution in [2.75, 3.05) is 0 Å². The molecule has 1 heterocycles. The number of carbonyl (C=O) groups is 1. The van der Waals surface area contributed by atoms with Crippen LogP contribution in [0.5, 0.6) is 0 Å². The van der Waals surface area contributed by atoms with E-state index in [1.807, 2.05) is 13.8 Å². The molecule has 0 aliphatic carbocycles. The van der Waals surface area contributed by atoms with E-state index in [4.69, 9.17) is 27.9 Å². The fourth-order valence-corrected chi connectivity index (χ4v) is 2.09. The van der Waals surface area contributed by atoms with Gasteiger partial charge in [0.1, 0.15) is 0 Å². The molecular weight excluding hydrogens is 273 g/mol. The lowest BCUT2D eigenvalue weighted by Crippen LogP contribution is -2.28. The number of ether oxygens (including phenoxy) is 1. The average Bonchev–Trinajstić information content (AvgIpc) is 2.63. The topological polar surface area (TPSA) is 38.7 Å². The lowest BCUT2D eigenvalue weighted by Gasteiger charge is -2.11. The molecule has 0 fully saturated rings. The first-order chi connectivity index (χ1) is 8.37. The Labute approximate surface area is 116 Å². The number of nitrogens with zero attached hydrogens (tertiary/aromatic N) is 1. The summed E-state index contributed by atoms with van der Waals surface area (Å²) < 4.78 is 5.20. The first-order valence-corrected chi connectivity index (χ1v) is 6.41. The zero-order valence-electron chi connectivity index (χ0n) is 10.4. The van der Waals surface area contributed by atoms with Crippen molar-refractivity contribution in [1.82, 2.24) is 0 Å². The molecule has 0 saturated carbocycles. The number of rotatable bonds is 2. The molecule has 0 N–H and O–H groups in total. The van der Waals surface area contributed by atoms with Gasteiger partial charge in [-0.1, -0.05) is 30.1 Å². The van der Waals surface area contributed by atoms with Crippen LogP contribution in [0.4, 0.5) is 0 Å². The van der Waals surface area contributed by atoms with Crippen molar-refractivity contribution in [2.24, 2.45) is 4.99 Å². The molecule has 1 aromatic rings. The van der Waals surface area contributed by atoms with Crippen LogP contribution in [0.3, 0.4) is 0 Å². The normalized spacial score (nSPS) is 22.9. The zero-order valence-corrected chi connectivity index (χ0v) is 11.9. The number of hydrogen-bond acceptors (Lipinski definition) is 3. The van der Waals surface area contributed by atoms with Crippen molar-refractivity contribution in [1.29, 1.82) is 0 Å². The molecule has 2 rings (SSSR count). The molecule has 1 aromatic carbocycles. The van der Waals surface area contributed by atoms with Gasteiger partial charge in [-0.05, 0) is 38.0 Å². The van der Waals surface area contributed by atoms with Crippen LogP contribution in [0.15, 0.2) is 17.1 Å². The Morgan fingerprint density at radius 3 is 2.33 bits per heavy atom. The van der Waals surface area contributed by atoms with Gasteiger partial charge < -0.3 is 4.74 Å². The molecule has 1 aliphatic heterocycles. The van der Waals surface area contributed by atoms with Crippen LogP contribution in [-0.2, 0) is 9.53 Å². The molecule has 0 spiro atoms. The Morgan fingerprint density at radius 2 is 1.89 bits per heavy atom. The fraction of sp³-hybridized carbons (Fsp3) is 0.385. The lowest BCUT2D eigenvalue weighted by atomic mass is 10.0. The second-order valence-corrected chi connectivity index (χ2v) is 5.31. The van der Waals surface area contributed by atoms with Gasteiger partial charge >= 0.3 is 5.97 Å². The quantitative estimate of drug-likeness (QED) is 0.776. The summed E-state index contributed by atoms with van der Waals surface area (Å²) in [5.41, 5.74) is 0.616. The third kappa shape index (κ3) is 2.13. The maximum Gasteiger partial charge on any atom is 0.340 e. The largest absolute Gasteiger partial charge is 0.405 e. The summed E-state index contributed by atoms with van der Waals surface area (Å²) in [6, 6.07) is 3.41. The molecular formula is C13H13Cl2NO2. The van der Waals surface area contributed by atoms with E-state index < -0.39 is 5.54 Å². The maximum atomic E-state index is 11.7. The molecule has 0 amide bonds. The maximum absolute atomic E-state index is 11.7. The van der Waals surface area contributed by atoms with Gasteiger partial charge in [-0.2, -0.15) is 0 Å². The van der Waals surface area contributed by atoms with Gasteiger partial charge in [-0.25, -0.2) is 9.79 Å². The van der Waals surface area contributed by atoms with Crippen molar-refractivity contribution in [3.05, 3.63) is 33.3 Å². The molecule has 0 saturated heterocycles. The van der Waals surface area contributed by atoms with Gasteiger partial charge in [0.2, 0.25) is 5.90 Å². The van der Waals surface area contributed by atoms with Crippen molar-refractivity contribution in [3.63, 3.8) is 0 Å². The van der Waals surface area contributed by atoms with E-state index in [0.29, 0.717) is 22.0 Å². The molecule has 0 aromatic heterocycles. The van der Waals surface area contributed by atoms with Crippen molar-refractivity contribution in [3.8, 4) is 0 Å². The van der Waals surface area contributed by atoms with Gasteiger partial charge in [0.25, 0.3) is 0 Å². The summed E-state index contributed by atoms with van der Waals surface area (Å²) in [7, 11) is 0. The summed E-state index contributed by atoms with van der Waals surface area (Å²) in [5, 5.41) is 1.06.